The molecule has 1 aliphatic rings. The fourth-order valence-corrected chi connectivity index (χ4v) is 3.39. The molecule has 2 nitrogen and oxygen atoms in total. The molecule has 3 heteroatoms. The summed E-state index contributed by atoms with van der Waals surface area (Å²) in [4.78, 5) is 4.70. The monoisotopic (exact) mass is 423 g/mol. The van der Waals surface area contributed by atoms with E-state index in [9.17, 15) is 0 Å². The van der Waals surface area contributed by atoms with Gasteiger partial charge in [-0.2, -0.15) is 0 Å². The minimum absolute atomic E-state index is 0.634. The Labute approximate surface area is 154 Å². The van der Waals surface area contributed by atoms with Gasteiger partial charge in [0.25, 0.3) is 0 Å². The van der Waals surface area contributed by atoms with Gasteiger partial charge in [0.2, 0.25) is 5.90 Å². The van der Waals surface area contributed by atoms with Crippen molar-refractivity contribution in [3.8, 4) is 0 Å². The molecule has 0 saturated carbocycles. The maximum absolute atomic E-state index is 6.24. The van der Waals surface area contributed by atoms with E-state index in [0.29, 0.717) is 5.90 Å². The predicted molar refractivity (Wildman–Crippen MR) is 107 cm³/mol. The van der Waals surface area contributed by atoms with Crippen LogP contribution in [0.1, 0.15) is 16.7 Å². The third-order valence-corrected chi connectivity index (χ3v) is 4.93. The van der Waals surface area contributed by atoms with E-state index in [1.54, 1.807) is 0 Å². The number of aliphatic imine (C=N–C) groups is 1. The van der Waals surface area contributed by atoms with Gasteiger partial charge in [0.1, 0.15) is 0 Å². The summed E-state index contributed by atoms with van der Waals surface area (Å²) in [6.07, 6.45) is 0. The number of halogens is 1. The fourth-order valence-electron chi connectivity index (χ4n) is 2.63. The molecular weight excluding hydrogens is 409 g/mol. The van der Waals surface area contributed by atoms with E-state index in [1.165, 1.54) is 0 Å². The lowest BCUT2D eigenvalue weighted by atomic mass is 10.1. The van der Waals surface area contributed by atoms with Gasteiger partial charge < -0.3 is 4.74 Å². The van der Waals surface area contributed by atoms with Crippen LogP contribution in [-0.4, -0.2) is 5.90 Å². The summed E-state index contributed by atoms with van der Waals surface area (Å²) in [5, 5.41) is 0. The summed E-state index contributed by atoms with van der Waals surface area (Å²) in [6.45, 7) is 0. The Bertz CT molecular complexity index is 930. The van der Waals surface area contributed by atoms with Crippen molar-refractivity contribution in [1.29, 1.82) is 0 Å². The van der Waals surface area contributed by atoms with Crippen LogP contribution in [0, 0.1) is 0 Å². The first-order valence-electron chi connectivity index (χ1n) is 7.69. The van der Waals surface area contributed by atoms with Gasteiger partial charge in [-0.3, -0.25) is 0 Å². The summed E-state index contributed by atoms with van der Waals surface area (Å²) < 4.78 is 7.31. The van der Waals surface area contributed by atoms with Crippen molar-refractivity contribution in [2.45, 2.75) is 0 Å². The average molecular weight is 423 g/mol. The summed E-state index contributed by atoms with van der Waals surface area (Å²) in [5.41, 5.74) is 4.06. The lowest BCUT2D eigenvalue weighted by molar-refractivity contribution is 0.506. The van der Waals surface area contributed by atoms with Crippen molar-refractivity contribution in [1.82, 2.24) is 0 Å². The van der Waals surface area contributed by atoms with Crippen molar-refractivity contribution in [2.75, 3.05) is 0 Å². The van der Waals surface area contributed by atoms with Gasteiger partial charge >= 0.3 is 0 Å². The van der Waals surface area contributed by atoms with Crippen LogP contribution in [0.5, 0.6) is 0 Å². The highest BCUT2D eigenvalue weighted by molar-refractivity contribution is 14.1. The molecule has 0 N–H and O–H groups in total. The van der Waals surface area contributed by atoms with Crippen molar-refractivity contribution in [2.24, 2.45) is 4.99 Å². The second kappa shape index (κ2) is 6.61. The lowest BCUT2D eigenvalue weighted by Crippen LogP contribution is -2.11. The maximum atomic E-state index is 6.24. The zero-order valence-corrected chi connectivity index (χ0v) is 15.0. The van der Waals surface area contributed by atoms with Crippen molar-refractivity contribution < 1.29 is 4.74 Å². The number of ether oxygens (including phenoxy) is 1. The number of nitrogens with zero attached hydrogens (tertiary/aromatic N) is 1. The standard InChI is InChI=1S/C21H14INO/c22-19(15-9-3-1-4-10-15)20-17-13-7-8-14-18(17)23-21(24-20)16-11-5-2-6-12-16/h1-14H/b20-19-. The molecule has 3 aromatic carbocycles. The van der Waals surface area contributed by atoms with Crippen LogP contribution in [0.15, 0.2) is 89.9 Å². The summed E-state index contributed by atoms with van der Waals surface area (Å²) in [5.74, 6) is 1.49. The zero-order valence-electron chi connectivity index (χ0n) is 12.8. The molecule has 0 bridgehead atoms. The summed E-state index contributed by atoms with van der Waals surface area (Å²) in [7, 11) is 0. The van der Waals surface area contributed by atoms with E-state index in [0.717, 1.165) is 31.7 Å². The fraction of sp³-hybridized carbons (Fsp3) is 0. The third kappa shape index (κ3) is 2.87. The molecule has 1 aliphatic heterocycles. The second-order valence-corrected chi connectivity index (χ2v) is 6.49. The first kappa shape index (κ1) is 15.1. The highest BCUT2D eigenvalue weighted by atomic mass is 127. The Hall–Kier alpha value is -2.40. The molecule has 3 aromatic rings. The maximum Gasteiger partial charge on any atom is 0.227 e. The predicted octanol–water partition coefficient (Wildman–Crippen LogP) is 6.06. The third-order valence-electron chi connectivity index (χ3n) is 3.82. The zero-order chi connectivity index (χ0) is 16.4. The lowest BCUT2D eigenvalue weighted by Gasteiger charge is -2.21. The normalized spacial score (nSPS) is 15.1. The van der Waals surface area contributed by atoms with Crippen LogP contribution >= 0.6 is 22.6 Å². The van der Waals surface area contributed by atoms with E-state index in [4.69, 9.17) is 9.73 Å². The molecule has 0 unspecified atom stereocenters. The van der Waals surface area contributed by atoms with Crippen molar-refractivity contribution in [3.63, 3.8) is 0 Å². The minimum atomic E-state index is 0.634. The number of para-hydroxylation sites is 1. The van der Waals surface area contributed by atoms with Gasteiger partial charge in [-0.25, -0.2) is 4.99 Å². The molecule has 0 saturated heterocycles. The number of rotatable bonds is 2. The Morgan fingerprint density at radius 2 is 1.38 bits per heavy atom. The summed E-state index contributed by atoms with van der Waals surface area (Å²) >= 11 is 2.35. The minimum Gasteiger partial charge on any atom is -0.437 e. The van der Waals surface area contributed by atoms with Gasteiger partial charge in [-0.1, -0.05) is 60.7 Å². The molecule has 0 radical (unpaired) electrons. The van der Waals surface area contributed by atoms with Gasteiger partial charge in [0, 0.05) is 11.1 Å². The molecule has 0 spiro atoms. The summed E-state index contributed by atoms with van der Waals surface area (Å²) in [6, 6.07) is 28.4. The van der Waals surface area contributed by atoms with Gasteiger partial charge in [-0.05, 0) is 52.4 Å². The Morgan fingerprint density at radius 3 is 2.12 bits per heavy atom. The Morgan fingerprint density at radius 1 is 0.750 bits per heavy atom. The van der Waals surface area contributed by atoms with E-state index in [-0.39, 0.29) is 0 Å². The van der Waals surface area contributed by atoms with Crippen LogP contribution in [-0.2, 0) is 4.74 Å². The highest BCUT2D eigenvalue weighted by Gasteiger charge is 2.22. The molecule has 0 atom stereocenters. The van der Waals surface area contributed by atoms with E-state index < -0.39 is 0 Å². The molecule has 1 heterocycles. The first-order valence-corrected chi connectivity index (χ1v) is 8.77. The molecule has 4 rings (SSSR count). The largest absolute Gasteiger partial charge is 0.437 e. The van der Waals surface area contributed by atoms with Crippen LogP contribution in [0.2, 0.25) is 0 Å². The molecule has 24 heavy (non-hydrogen) atoms. The van der Waals surface area contributed by atoms with Gasteiger partial charge in [-0.15, -0.1) is 0 Å². The Balaban J connectivity index is 1.89. The van der Waals surface area contributed by atoms with Crippen LogP contribution in [0.3, 0.4) is 0 Å². The number of benzene rings is 3. The number of hydrogen-bond donors (Lipinski definition) is 0. The molecule has 0 fully saturated rings. The smallest absolute Gasteiger partial charge is 0.227 e. The van der Waals surface area contributed by atoms with Crippen LogP contribution < -0.4 is 0 Å². The SMILES string of the molecule is I/C(=C1\OC(c2ccccc2)=Nc2ccccc21)c1ccccc1. The van der Waals surface area contributed by atoms with Crippen molar-refractivity contribution >= 4 is 43.5 Å². The average Bonchev–Trinajstić information content (AvgIpc) is 2.68. The van der Waals surface area contributed by atoms with Gasteiger partial charge in [0.05, 0.1) is 9.27 Å². The second-order valence-electron chi connectivity index (χ2n) is 5.41. The van der Waals surface area contributed by atoms with E-state index >= 15 is 0 Å². The van der Waals surface area contributed by atoms with Crippen LogP contribution in [0.4, 0.5) is 5.69 Å². The molecule has 116 valence electrons. The van der Waals surface area contributed by atoms with Crippen LogP contribution in [0.25, 0.3) is 9.34 Å². The van der Waals surface area contributed by atoms with E-state index in [2.05, 4.69) is 40.8 Å². The number of fused-ring (bicyclic) bond motifs is 1. The molecule has 0 amide bonds. The molecule has 0 aromatic heterocycles. The van der Waals surface area contributed by atoms with E-state index in [1.807, 2.05) is 66.7 Å². The topological polar surface area (TPSA) is 21.6 Å². The quantitative estimate of drug-likeness (QED) is 0.460. The first-order chi connectivity index (χ1) is 11.8. The number of hydrogen-bond acceptors (Lipinski definition) is 2. The Kier molecular flexibility index (Phi) is 4.17. The van der Waals surface area contributed by atoms with Crippen molar-refractivity contribution in [3.05, 3.63) is 102 Å². The van der Waals surface area contributed by atoms with Gasteiger partial charge in [0.15, 0.2) is 5.76 Å². The molecule has 0 aliphatic carbocycles. The molecular formula is C21H14INO. The highest BCUT2D eigenvalue weighted by Crippen LogP contribution is 2.40.